The fourth-order valence-corrected chi connectivity index (χ4v) is 0.856. The van der Waals surface area contributed by atoms with Crippen molar-refractivity contribution in [3.05, 3.63) is 12.7 Å². The molecule has 0 aromatic rings. The van der Waals surface area contributed by atoms with Crippen molar-refractivity contribution < 1.29 is 14.3 Å². The van der Waals surface area contributed by atoms with Gasteiger partial charge in [-0.15, -0.1) is 0 Å². The number of hydrogen-bond acceptors (Lipinski definition) is 4. The Morgan fingerprint density at radius 3 is 2.43 bits per heavy atom. The van der Waals surface area contributed by atoms with Crippen LogP contribution in [0, 0.1) is 0 Å². The van der Waals surface area contributed by atoms with Crippen LogP contribution in [0.5, 0.6) is 0 Å². The molecule has 14 heavy (non-hydrogen) atoms. The first-order chi connectivity index (χ1) is 6.81. The minimum Gasteiger partial charge on any atom is -0.379 e. The van der Waals surface area contributed by atoms with Gasteiger partial charge in [0, 0.05) is 19.6 Å². The highest BCUT2D eigenvalue weighted by Crippen LogP contribution is 1.92. The predicted molar refractivity (Wildman–Crippen MR) is 55.1 cm³/mol. The van der Waals surface area contributed by atoms with Gasteiger partial charge < -0.3 is 15.2 Å². The first kappa shape index (κ1) is 13.3. The maximum absolute atomic E-state index is 10.8. The van der Waals surface area contributed by atoms with E-state index in [-0.39, 0.29) is 5.78 Å². The van der Waals surface area contributed by atoms with Crippen LogP contribution in [0.2, 0.25) is 0 Å². The third-order valence-electron chi connectivity index (χ3n) is 1.57. The summed E-state index contributed by atoms with van der Waals surface area (Å²) in [5.74, 6) is 0.0629. The van der Waals surface area contributed by atoms with E-state index >= 15 is 0 Å². The quantitative estimate of drug-likeness (QED) is 0.413. The topological polar surface area (TPSA) is 61.5 Å². The van der Waals surface area contributed by atoms with Gasteiger partial charge in [0.2, 0.25) is 0 Å². The van der Waals surface area contributed by atoms with Crippen molar-refractivity contribution in [1.82, 2.24) is 0 Å². The smallest absolute Gasteiger partial charge is 0.155 e. The van der Waals surface area contributed by atoms with Gasteiger partial charge in [0.15, 0.2) is 5.78 Å². The Labute approximate surface area is 85.1 Å². The van der Waals surface area contributed by atoms with Gasteiger partial charge in [-0.3, -0.25) is 4.79 Å². The molecule has 0 bridgehead atoms. The molecule has 0 aliphatic carbocycles. The second kappa shape index (κ2) is 10.4. The molecule has 2 N–H and O–H groups in total. The molecular formula is C10H19NO3. The zero-order chi connectivity index (χ0) is 10.6. The van der Waals surface area contributed by atoms with E-state index in [1.165, 1.54) is 6.08 Å². The largest absolute Gasteiger partial charge is 0.379 e. The lowest BCUT2D eigenvalue weighted by molar-refractivity contribution is -0.114. The van der Waals surface area contributed by atoms with E-state index in [0.717, 1.165) is 6.42 Å². The number of ether oxygens (including phenoxy) is 2. The molecule has 0 heterocycles. The number of carbonyl (C=O) groups is 1. The number of hydrogen-bond donors (Lipinski definition) is 1. The Kier molecular flexibility index (Phi) is 9.85. The molecule has 0 aliphatic rings. The Hall–Kier alpha value is -0.710. The minimum atomic E-state index is 0.0629. The van der Waals surface area contributed by atoms with Gasteiger partial charge in [0.05, 0.1) is 19.8 Å². The van der Waals surface area contributed by atoms with Crippen molar-refractivity contribution >= 4 is 5.78 Å². The summed E-state index contributed by atoms with van der Waals surface area (Å²) in [4.78, 5) is 10.8. The first-order valence-electron chi connectivity index (χ1n) is 4.82. The van der Waals surface area contributed by atoms with Crippen molar-refractivity contribution in [2.75, 3.05) is 33.0 Å². The molecule has 0 aromatic carbocycles. The lowest BCUT2D eigenvalue weighted by Crippen LogP contribution is -2.12. The van der Waals surface area contributed by atoms with E-state index in [0.29, 0.717) is 39.4 Å². The van der Waals surface area contributed by atoms with Crippen LogP contribution in [0.4, 0.5) is 0 Å². The molecule has 0 saturated carbocycles. The number of carbonyl (C=O) groups excluding carboxylic acids is 1. The molecule has 0 amide bonds. The van der Waals surface area contributed by atoms with Crippen LogP contribution in [-0.2, 0) is 14.3 Å². The summed E-state index contributed by atoms with van der Waals surface area (Å²) in [5, 5.41) is 0. The SMILES string of the molecule is C=CC(=O)CCCOCCOCCN. The van der Waals surface area contributed by atoms with E-state index in [4.69, 9.17) is 15.2 Å². The van der Waals surface area contributed by atoms with Crippen LogP contribution in [0.3, 0.4) is 0 Å². The van der Waals surface area contributed by atoms with Gasteiger partial charge >= 0.3 is 0 Å². The molecule has 0 aliphatic heterocycles. The minimum absolute atomic E-state index is 0.0629. The average molecular weight is 201 g/mol. The van der Waals surface area contributed by atoms with Crippen LogP contribution in [0.1, 0.15) is 12.8 Å². The van der Waals surface area contributed by atoms with Crippen LogP contribution in [0.25, 0.3) is 0 Å². The lowest BCUT2D eigenvalue weighted by atomic mass is 10.2. The standard InChI is InChI=1S/C10H19NO3/c1-2-10(12)4-3-6-13-8-9-14-7-5-11/h2H,1,3-9,11H2. The lowest BCUT2D eigenvalue weighted by Gasteiger charge is -2.03. The molecule has 0 saturated heterocycles. The normalized spacial score (nSPS) is 10.1. The fourth-order valence-electron chi connectivity index (χ4n) is 0.856. The van der Waals surface area contributed by atoms with Gasteiger partial charge in [-0.2, -0.15) is 0 Å². The molecule has 0 atom stereocenters. The summed E-state index contributed by atoms with van der Waals surface area (Å²) >= 11 is 0. The van der Waals surface area contributed by atoms with Crippen molar-refractivity contribution in [3.63, 3.8) is 0 Å². The monoisotopic (exact) mass is 201 g/mol. The number of nitrogens with two attached hydrogens (primary N) is 1. The Balaban J connectivity index is 2.99. The van der Waals surface area contributed by atoms with Crippen LogP contribution in [-0.4, -0.2) is 38.8 Å². The molecule has 0 fully saturated rings. The average Bonchev–Trinajstić information content (AvgIpc) is 2.21. The highest BCUT2D eigenvalue weighted by molar-refractivity contribution is 5.88. The van der Waals surface area contributed by atoms with Gasteiger partial charge in [-0.1, -0.05) is 6.58 Å². The summed E-state index contributed by atoms with van der Waals surface area (Å²) in [6.07, 6.45) is 2.58. The number of rotatable bonds is 10. The van der Waals surface area contributed by atoms with E-state index in [9.17, 15) is 4.79 Å². The Morgan fingerprint density at radius 1 is 1.21 bits per heavy atom. The van der Waals surface area contributed by atoms with Crippen LogP contribution in [0.15, 0.2) is 12.7 Å². The summed E-state index contributed by atoms with van der Waals surface area (Å²) in [5.41, 5.74) is 5.23. The van der Waals surface area contributed by atoms with Crippen molar-refractivity contribution in [1.29, 1.82) is 0 Å². The molecule has 4 heteroatoms. The molecule has 0 rings (SSSR count). The van der Waals surface area contributed by atoms with E-state index in [1.807, 2.05) is 0 Å². The maximum atomic E-state index is 10.8. The predicted octanol–water partition coefficient (Wildman–Crippen LogP) is 0.514. The number of allylic oxidation sites excluding steroid dienone is 1. The van der Waals surface area contributed by atoms with Crippen molar-refractivity contribution in [3.8, 4) is 0 Å². The summed E-state index contributed by atoms with van der Waals surface area (Å²) < 4.78 is 10.3. The maximum Gasteiger partial charge on any atom is 0.155 e. The highest BCUT2D eigenvalue weighted by atomic mass is 16.5. The zero-order valence-corrected chi connectivity index (χ0v) is 8.54. The summed E-state index contributed by atoms with van der Waals surface area (Å²) in [6, 6.07) is 0. The van der Waals surface area contributed by atoms with Crippen LogP contribution < -0.4 is 5.73 Å². The zero-order valence-electron chi connectivity index (χ0n) is 8.54. The van der Waals surface area contributed by atoms with Crippen molar-refractivity contribution in [2.24, 2.45) is 5.73 Å². The Bertz CT molecular complexity index is 159. The summed E-state index contributed by atoms with van der Waals surface area (Å²) in [6.45, 7) is 6.20. The van der Waals surface area contributed by atoms with Gasteiger partial charge in [-0.25, -0.2) is 0 Å². The third kappa shape index (κ3) is 9.38. The molecular weight excluding hydrogens is 182 g/mol. The van der Waals surface area contributed by atoms with Gasteiger partial charge in [0.25, 0.3) is 0 Å². The molecule has 0 aromatic heterocycles. The van der Waals surface area contributed by atoms with Crippen LogP contribution >= 0.6 is 0 Å². The molecule has 0 radical (unpaired) electrons. The molecule has 4 nitrogen and oxygen atoms in total. The van der Waals surface area contributed by atoms with Crippen molar-refractivity contribution in [2.45, 2.75) is 12.8 Å². The number of ketones is 1. The van der Waals surface area contributed by atoms with Gasteiger partial charge in [-0.05, 0) is 12.5 Å². The van der Waals surface area contributed by atoms with E-state index in [2.05, 4.69) is 6.58 Å². The second-order valence-corrected chi connectivity index (χ2v) is 2.79. The molecule has 82 valence electrons. The third-order valence-corrected chi connectivity index (χ3v) is 1.57. The van der Waals surface area contributed by atoms with E-state index in [1.54, 1.807) is 0 Å². The van der Waals surface area contributed by atoms with E-state index < -0.39 is 0 Å². The molecule has 0 unspecified atom stereocenters. The second-order valence-electron chi connectivity index (χ2n) is 2.79. The summed E-state index contributed by atoms with van der Waals surface area (Å²) in [7, 11) is 0. The fraction of sp³-hybridized carbons (Fsp3) is 0.700. The molecule has 0 spiro atoms. The highest BCUT2D eigenvalue weighted by Gasteiger charge is 1.95. The first-order valence-corrected chi connectivity index (χ1v) is 4.82. The Morgan fingerprint density at radius 2 is 1.86 bits per heavy atom. The van der Waals surface area contributed by atoms with Gasteiger partial charge in [0.1, 0.15) is 0 Å².